The van der Waals surface area contributed by atoms with Crippen LogP contribution < -0.4 is 5.32 Å². The molecule has 0 unspecified atom stereocenters. The van der Waals surface area contributed by atoms with Crippen molar-refractivity contribution in [2.45, 2.75) is 33.2 Å². The van der Waals surface area contributed by atoms with E-state index in [0.29, 0.717) is 5.56 Å². The normalized spacial score (nSPS) is 11.4. The van der Waals surface area contributed by atoms with Gasteiger partial charge in [-0.15, -0.1) is 0 Å². The largest absolute Gasteiger partial charge is 0.394 e. The summed E-state index contributed by atoms with van der Waals surface area (Å²) in [5.41, 5.74) is 2.16. The fourth-order valence-corrected chi connectivity index (χ4v) is 2.24. The van der Waals surface area contributed by atoms with Gasteiger partial charge in [0.2, 0.25) is 0 Å². The highest BCUT2D eigenvalue weighted by Gasteiger charge is 2.21. The lowest BCUT2D eigenvalue weighted by Gasteiger charge is -2.24. The Morgan fingerprint density at radius 2 is 2.00 bits per heavy atom. The molecule has 0 spiro atoms. The number of rotatable bonds is 3. The van der Waals surface area contributed by atoms with Crippen molar-refractivity contribution in [1.29, 1.82) is 0 Å². The standard InChI is InChI=1S/C13H18INO2/c1-8-5-10(14)6-11(9(8)2)12(17)15-13(3,4)7-16/h5-6,16H,7H2,1-4H3,(H,15,17). The van der Waals surface area contributed by atoms with E-state index in [1.54, 1.807) is 13.8 Å². The zero-order valence-corrected chi connectivity index (χ0v) is 12.8. The summed E-state index contributed by atoms with van der Waals surface area (Å²) < 4.78 is 1.04. The predicted molar refractivity (Wildman–Crippen MR) is 77.3 cm³/mol. The Bertz CT molecular complexity index is 441. The zero-order valence-electron chi connectivity index (χ0n) is 10.6. The van der Waals surface area contributed by atoms with Gasteiger partial charge in [0.05, 0.1) is 12.1 Å². The lowest BCUT2D eigenvalue weighted by atomic mass is 10.0. The van der Waals surface area contributed by atoms with Crippen LogP contribution in [-0.4, -0.2) is 23.2 Å². The Morgan fingerprint density at radius 1 is 1.41 bits per heavy atom. The molecule has 0 aliphatic rings. The van der Waals surface area contributed by atoms with Gasteiger partial charge in [0.15, 0.2) is 0 Å². The second-order valence-electron chi connectivity index (χ2n) is 4.89. The average molecular weight is 347 g/mol. The lowest BCUT2D eigenvalue weighted by Crippen LogP contribution is -2.46. The van der Waals surface area contributed by atoms with Gasteiger partial charge in [0, 0.05) is 9.13 Å². The number of aliphatic hydroxyl groups excluding tert-OH is 1. The Morgan fingerprint density at radius 3 is 2.53 bits per heavy atom. The van der Waals surface area contributed by atoms with Crippen LogP contribution in [0.3, 0.4) is 0 Å². The average Bonchev–Trinajstić information content (AvgIpc) is 2.22. The minimum absolute atomic E-state index is 0.0826. The third-order valence-electron chi connectivity index (χ3n) is 2.72. The summed E-state index contributed by atoms with van der Waals surface area (Å²) in [6.07, 6.45) is 0. The first-order valence-corrected chi connectivity index (χ1v) is 6.55. The van der Waals surface area contributed by atoms with Gasteiger partial charge < -0.3 is 10.4 Å². The Hall–Kier alpha value is -0.620. The molecule has 0 bridgehead atoms. The summed E-state index contributed by atoms with van der Waals surface area (Å²) in [5.74, 6) is -0.136. The highest BCUT2D eigenvalue weighted by atomic mass is 127. The molecule has 0 heterocycles. The van der Waals surface area contributed by atoms with Crippen molar-refractivity contribution in [3.05, 3.63) is 32.4 Å². The van der Waals surface area contributed by atoms with Crippen molar-refractivity contribution in [2.75, 3.05) is 6.61 Å². The number of benzene rings is 1. The molecule has 94 valence electrons. The van der Waals surface area contributed by atoms with Crippen LogP contribution in [0.15, 0.2) is 12.1 Å². The molecule has 1 aromatic rings. The molecule has 0 aliphatic carbocycles. The van der Waals surface area contributed by atoms with E-state index >= 15 is 0 Å². The number of carbonyl (C=O) groups is 1. The van der Waals surface area contributed by atoms with E-state index in [-0.39, 0.29) is 12.5 Å². The topological polar surface area (TPSA) is 49.3 Å². The van der Waals surface area contributed by atoms with E-state index in [2.05, 4.69) is 27.9 Å². The van der Waals surface area contributed by atoms with E-state index in [0.717, 1.165) is 14.7 Å². The van der Waals surface area contributed by atoms with Crippen LogP contribution in [0.4, 0.5) is 0 Å². The third kappa shape index (κ3) is 3.67. The molecule has 17 heavy (non-hydrogen) atoms. The maximum Gasteiger partial charge on any atom is 0.252 e. The molecule has 0 atom stereocenters. The molecule has 0 aliphatic heterocycles. The molecule has 0 radical (unpaired) electrons. The van der Waals surface area contributed by atoms with Gasteiger partial charge in [0.1, 0.15) is 0 Å². The minimum Gasteiger partial charge on any atom is -0.394 e. The van der Waals surface area contributed by atoms with E-state index in [1.165, 1.54) is 0 Å². The number of halogens is 1. The Balaban J connectivity index is 3.05. The molecule has 0 fully saturated rings. The molecule has 1 amide bonds. The SMILES string of the molecule is Cc1cc(I)cc(C(=O)NC(C)(C)CO)c1C. The highest BCUT2D eigenvalue weighted by Crippen LogP contribution is 2.18. The van der Waals surface area contributed by atoms with Gasteiger partial charge in [-0.05, 0) is 73.5 Å². The van der Waals surface area contributed by atoms with Crippen molar-refractivity contribution in [2.24, 2.45) is 0 Å². The maximum absolute atomic E-state index is 12.1. The van der Waals surface area contributed by atoms with Gasteiger partial charge in [-0.3, -0.25) is 4.79 Å². The van der Waals surface area contributed by atoms with E-state index in [4.69, 9.17) is 5.11 Å². The minimum atomic E-state index is -0.599. The third-order valence-corrected chi connectivity index (χ3v) is 3.35. The summed E-state index contributed by atoms with van der Waals surface area (Å²) in [6.45, 7) is 7.43. The molecule has 3 nitrogen and oxygen atoms in total. The van der Waals surface area contributed by atoms with E-state index in [9.17, 15) is 4.79 Å². The molecule has 0 saturated carbocycles. The number of aryl methyl sites for hydroxylation is 1. The number of carbonyl (C=O) groups excluding carboxylic acids is 1. The van der Waals surface area contributed by atoms with Crippen LogP contribution in [0.25, 0.3) is 0 Å². The molecule has 1 rings (SSSR count). The van der Waals surface area contributed by atoms with Crippen LogP contribution in [0.1, 0.15) is 35.3 Å². The summed E-state index contributed by atoms with van der Waals surface area (Å²) in [5, 5.41) is 12.0. The van der Waals surface area contributed by atoms with Gasteiger partial charge in [-0.2, -0.15) is 0 Å². The van der Waals surface area contributed by atoms with Crippen LogP contribution >= 0.6 is 22.6 Å². The van der Waals surface area contributed by atoms with Gasteiger partial charge in [-0.25, -0.2) is 0 Å². The fraction of sp³-hybridized carbons (Fsp3) is 0.462. The van der Waals surface area contributed by atoms with Gasteiger partial charge in [-0.1, -0.05) is 0 Å². The smallest absolute Gasteiger partial charge is 0.252 e. The molecule has 1 aromatic carbocycles. The van der Waals surface area contributed by atoms with Gasteiger partial charge >= 0.3 is 0 Å². The van der Waals surface area contributed by atoms with E-state index in [1.807, 2.05) is 26.0 Å². The molecule has 4 heteroatoms. The maximum atomic E-state index is 12.1. The second-order valence-corrected chi connectivity index (χ2v) is 6.14. The highest BCUT2D eigenvalue weighted by molar-refractivity contribution is 14.1. The first kappa shape index (κ1) is 14.4. The summed E-state index contributed by atoms with van der Waals surface area (Å²) in [4.78, 5) is 12.1. The summed E-state index contributed by atoms with van der Waals surface area (Å²) in [6, 6.07) is 3.91. The molecular formula is C13H18INO2. The van der Waals surface area contributed by atoms with E-state index < -0.39 is 5.54 Å². The Labute approximate surface area is 116 Å². The van der Waals surface area contributed by atoms with Crippen LogP contribution in [0.2, 0.25) is 0 Å². The number of amides is 1. The van der Waals surface area contributed by atoms with Crippen molar-refractivity contribution in [3.63, 3.8) is 0 Å². The molecular weight excluding hydrogens is 329 g/mol. The number of nitrogens with one attached hydrogen (secondary N) is 1. The predicted octanol–water partition coefficient (Wildman–Crippen LogP) is 2.41. The summed E-state index contributed by atoms with van der Waals surface area (Å²) >= 11 is 2.20. The first-order chi connectivity index (χ1) is 7.76. The Kier molecular flexibility index (Phi) is 4.55. The van der Waals surface area contributed by atoms with Gasteiger partial charge in [0.25, 0.3) is 5.91 Å². The molecule has 0 saturated heterocycles. The molecule has 2 N–H and O–H groups in total. The van der Waals surface area contributed by atoms with Crippen molar-refractivity contribution < 1.29 is 9.90 Å². The van der Waals surface area contributed by atoms with Crippen molar-refractivity contribution in [3.8, 4) is 0 Å². The number of hydrogen-bond acceptors (Lipinski definition) is 2. The quantitative estimate of drug-likeness (QED) is 0.825. The monoisotopic (exact) mass is 347 g/mol. The van der Waals surface area contributed by atoms with Crippen molar-refractivity contribution in [1.82, 2.24) is 5.32 Å². The lowest BCUT2D eigenvalue weighted by molar-refractivity contribution is 0.0868. The fourth-order valence-electron chi connectivity index (χ4n) is 1.47. The second kappa shape index (κ2) is 5.35. The number of hydrogen-bond donors (Lipinski definition) is 2. The van der Waals surface area contributed by atoms with Crippen LogP contribution in [0, 0.1) is 17.4 Å². The van der Waals surface area contributed by atoms with Crippen LogP contribution in [0.5, 0.6) is 0 Å². The van der Waals surface area contributed by atoms with Crippen molar-refractivity contribution >= 4 is 28.5 Å². The first-order valence-electron chi connectivity index (χ1n) is 5.47. The zero-order chi connectivity index (χ0) is 13.2. The molecule has 0 aromatic heterocycles. The summed E-state index contributed by atoms with van der Waals surface area (Å²) in [7, 11) is 0. The van der Waals surface area contributed by atoms with Crippen LogP contribution in [-0.2, 0) is 0 Å². The number of aliphatic hydroxyl groups is 1.